The molecular formula is C20H25N3O6S. The molecule has 2 rings (SSSR count). The number of benzene rings is 2. The number of carbonyl (C=O) groups is 1. The number of anilines is 1. The summed E-state index contributed by atoms with van der Waals surface area (Å²) in [7, 11) is -2.79. The second-order valence-corrected chi connectivity index (χ2v) is 9.58. The molecule has 0 aromatic heterocycles. The lowest BCUT2D eigenvalue weighted by atomic mass is 10.1. The third-order valence-electron chi connectivity index (χ3n) is 4.13. The third-order valence-corrected chi connectivity index (χ3v) is 5.90. The molecule has 10 heteroatoms. The van der Waals surface area contributed by atoms with E-state index in [9.17, 15) is 23.3 Å². The predicted octanol–water partition coefficient (Wildman–Crippen LogP) is 3.02. The van der Waals surface area contributed by atoms with Crippen LogP contribution in [0.2, 0.25) is 0 Å². The quantitative estimate of drug-likeness (QED) is 0.527. The van der Waals surface area contributed by atoms with Crippen molar-refractivity contribution in [1.82, 2.24) is 5.32 Å². The van der Waals surface area contributed by atoms with Crippen LogP contribution in [-0.4, -0.2) is 38.4 Å². The van der Waals surface area contributed by atoms with E-state index in [2.05, 4.69) is 5.32 Å². The molecule has 2 aromatic rings. The van der Waals surface area contributed by atoms with Crippen LogP contribution in [0, 0.1) is 17.0 Å². The van der Waals surface area contributed by atoms with Gasteiger partial charge in [0.1, 0.15) is 12.3 Å². The van der Waals surface area contributed by atoms with Crippen LogP contribution in [0.5, 0.6) is 5.75 Å². The first kappa shape index (κ1) is 23.1. The maximum absolute atomic E-state index is 13.4. The molecule has 2 aromatic carbocycles. The molecule has 0 heterocycles. The summed E-state index contributed by atoms with van der Waals surface area (Å²) in [6, 6.07) is 9.80. The van der Waals surface area contributed by atoms with E-state index < -0.39 is 32.9 Å². The van der Waals surface area contributed by atoms with Crippen molar-refractivity contribution in [3.63, 3.8) is 0 Å². The van der Waals surface area contributed by atoms with E-state index in [1.165, 1.54) is 38.3 Å². The van der Waals surface area contributed by atoms with E-state index in [0.717, 1.165) is 10.4 Å². The highest BCUT2D eigenvalue weighted by Crippen LogP contribution is 2.29. The average Bonchev–Trinajstić information content (AvgIpc) is 2.64. The van der Waals surface area contributed by atoms with Gasteiger partial charge in [0, 0.05) is 17.2 Å². The molecule has 0 saturated heterocycles. The molecule has 0 atom stereocenters. The van der Waals surface area contributed by atoms with E-state index in [1.807, 2.05) is 0 Å². The van der Waals surface area contributed by atoms with Crippen LogP contribution in [-0.2, 0) is 14.8 Å². The number of nitro groups is 1. The van der Waals surface area contributed by atoms with Crippen molar-refractivity contribution in [2.24, 2.45) is 0 Å². The molecule has 1 amide bonds. The summed E-state index contributed by atoms with van der Waals surface area (Å²) in [4.78, 5) is 22.9. The van der Waals surface area contributed by atoms with Gasteiger partial charge in [0.2, 0.25) is 5.91 Å². The summed E-state index contributed by atoms with van der Waals surface area (Å²) >= 11 is 0. The number of sulfonamides is 1. The molecule has 0 unspecified atom stereocenters. The Hall–Kier alpha value is -3.14. The van der Waals surface area contributed by atoms with Gasteiger partial charge in [-0.1, -0.05) is 6.07 Å². The lowest BCUT2D eigenvalue weighted by molar-refractivity contribution is -0.385. The van der Waals surface area contributed by atoms with Crippen molar-refractivity contribution >= 4 is 27.3 Å². The summed E-state index contributed by atoms with van der Waals surface area (Å²) in [5, 5.41) is 14.0. The van der Waals surface area contributed by atoms with Gasteiger partial charge < -0.3 is 10.1 Å². The molecule has 0 aliphatic carbocycles. The van der Waals surface area contributed by atoms with Gasteiger partial charge in [-0.2, -0.15) is 0 Å². The maximum atomic E-state index is 13.4. The Morgan fingerprint density at radius 1 is 1.17 bits per heavy atom. The van der Waals surface area contributed by atoms with Crippen molar-refractivity contribution in [3.05, 3.63) is 58.1 Å². The van der Waals surface area contributed by atoms with Gasteiger partial charge in [0.15, 0.2) is 0 Å². The van der Waals surface area contributed by atoms with Crippen LogP contribution in [0.25, 0.3) is 0 Å². The molecular weight excluding hydrogens is 410 g/mol. The zero-order valence-electron chi connectivity index (χ0n) is 17.5. The zero-order valence-corrected chi connectivity index (χ0v) is 18.3. The van der Waals surface area contributed by atoms with Crippen molar-refractivity contribution in [2.75, 3.05) is 18.0 Å². The molecule has 162 valence electrons. The van der Waals surface area contributed by atoms with E-state index in [4.69, 9.17) is 4.74 Å². The van der Waals surface area contributed by atoms with Crippen molar-refractivity contribution in [3.8, 4) is 5.75 Å². The fraction of sp³-hybridized carbons (Fsp3) is 0.350. The summed E-state index contributed by atoms with van der Waals surface area (Å²) in [6.45, 7) is 6.36. The minimum absolute atomic E-state index is 0.225. The standard InChI is InChI=1S/C20H25N3O6S/c1-14-6-11-17(12-18(14)23(25)26)30(27,28)22(13-19(24)21-20(2,3)4)15-7-9-16(29-5)10-8-15/h6-12H,13H2,1-5H3,(H,21,24). The Balaban J connectivity index is 2.55. The predicted molar refractivity (Wildman–Crippen MR) is 113 cm³/mol. The molecule has 0 aliphatic heterocycles. The lowest BCUT2D eigenvalue weighted by Gasteiger charge is -2.27. The fourth-order valence-corrected chi connectivity index (χ4v) is 4.17. The van der Waals surface area contributed by atoms with Crippen LogP contribution < -0.4 is 14.4 Å². The van der Waals surface area contributed by atoms with E-state index in [1.54, 1.807) is 32.9 Å². The number of hydrogen-bond acceptors (Lipinski definition) is 6. The molecule has 9 nitrogen and oxygen atoms in total. The highest BCUT2D eigenvalue weighted by atomic mass is 32.2. The number of amides is 1. The van der Waals surface area contributed by atoms with Crippen molar-refractivity contribution in [1.29, 1.82) is 0 Å². The lowest BCUT2D eigenvalue weighted by Crippen LogP contribution is -2.47. The number of nitrogens with zero attached hydrogens (tertiary/aromatic N) is 2. The highest BCUT2D eigenvalue weighted by Gasteiger charge is 2.30. The van der Waals surface area contributed by atoms with Gasteiger partial charge in [0.25, 0.3) is 15.7 Å². The number of ether oxygens (including phenoxy) is 1. The number of nitrogens with one attached hydrogen (secondary N) is 1. The molecule has 0 aliphatic rings. The Kier molecular flexibility index (Phi) is 6.71. The summed E-state index contributed by atoms with van der Waals surface area (Å²) in [5.74, 6) is 0.00437. The molecule has 0 radical (unpaired) electrons. The van der Waals surface area contributed by atoms with Crippen molar-refractivity contribution < 1.29 is 22.9 Å². The first-order chi connectivity index (χ1) is 13.8. The molecule has 0 spiro atoms. The van der Waals surface area contributed by atoms with Crippen LogP contribution in [0.15, 0.2) is 47.4 Å². The largest absolute Gasteiger partial charge is 0.497 e. The number of methoxy groups -OCH3 is 1. The van der Waals surface area contributed by atoms with Crippen LogP contribution >= 0.6 is 0 Å². The summed E-state index contributed by atoms with van der Waals surface area (Å²) in [5.41, 5.74) is -0.317. The third kappa shape index (κ3) is 5.47. The van der Waals surface area contributed by atoms with Gasteiger partial charge in [-0.15, -0.1) is 0 Å². The van der Waals surface area contributed by atoms with E-state index in [-0.39, 0.29) is 16.3 Å². The SMILES string of the molecule is COc1ccc(N(CC(=O)NC(C)(C)C)S(=O)(=O)c2ccc(C)c([N+](=O)[O-])c2)cc1. The molecule has 0 bridgehead atoms. The minimum Gasteiger partial charge on any atom is -0.497 e. The fourth-order valence-electron chi connectivity index (χ4n) is 2.73. The zero-order chi connectivity index (χ0) is 22.7. The number of hydrogen-bond donors (Lipinski definition) is 1. The molecule has 1 N–H and O–H groups in total. The first-order valence-electron chi connectivity index (χ1n) is 9.08. The second kappa shape index (κ2) is 8.70. The normalized spacial score (nSPS) is 11.6. The topological polar surface area (TPSA) is 119 Å². The van der Waals surface area contributed by atoms with Crippen LogP contribution in [0.3, 0.4) is 0 Å². The number of rotatable bonds is 7. The van der Waals surface area contributed by atoms with E-state index >= 15 is 0 Å². The van der Waals surface area contributed by atoms with Gasteiger partial charge in [-0.3, -0.25) is 19.2 Å². The van der Waals surface area contributed by atoms with E-state index in [0.29, 0.717) is 11.3 Å². The summed E-state index contributed by atoms with van der Waals surface area (Å²) < 4.78 is 32.8. The smallest absolute Gasteiger partial charge is 0.273 e. The van der Waals surface area contributed by atoms with Gasteiger partial charge in [0.05, 0.1) is 22.6 Å². The van der Waals surface area contributed by atoms with Crippen LogP contribution in [0.1, 0.15) is 26.3 Å². The highest BCUT2D eigenvalue weighted by molar-refractivity contribution is 7.92. The Morgan fingerprint density at radius 2 is 1.77 bits per heavy atom. The van der Waals surface area contributed by atoms with Crippen LogP contribution in [0.4, 0.5) is 11.4 Å². The Morgan fingerprint density at radius 3 is 2.27 bits per heavy atom. The van der Waals surface area contributed by atoms with Gasteiger partial charge in [-0.25, -0.2) is 8.42 Å². The number of nitro benzene ring substituents is 1. The summed E-state index contributed by atoms with van der Waals surface area (Å²) in [6.07, 6.45) is 0. The number of carbonyl (C=O) groups excluding carboxylic acids is 1. The molecule has 30 heavy (non-hydrogen) atoms. The molecule has 0 fully saturated rings. The second-order valence-electron chi connectivity index (χ2n) is 7.71. The minimum atomic E-state index is -4.27. The van der Waals surface area contributed by atoms with Gasteiger partial charge >= 0.3 is 0 Å². The maximum Gasteiger partial charge on any atom is 0.273 e. The number of aryl methyl sites for hydroxylation is 1. The average molecular weight is 436 g/mol. The van der Waals surface area contributed by atoms with Gasteiger partial charge in [-0.05, 0) is 58.0 Å². The molecule has 0 saturated carbocycles. The first-order valence-corrected chi connectivity index (χ1v) is 10.5. The Bertz CT molecular complexity index is 1040. The monoisotopic (exact) mass is 435 g/mol. The van der Waals surface area contributed by atoms with Crippen molar-refractivity contribution in [2.45, 2.75) is 38.1 Å². The Labute approximate surface area is 175 Å².